The minimum Gasteiger partial charge on any atom is -0.493 e. The Morgan fingerprint density at radius 1 is 1.56 bits per heavy atom. The maximum absolute atomic E-state index is 5.62. The first-order valence-corrected chi connectivity index (χ1v) is 5.53. The first kappa shape index (κ1) is 11.4. The van der Waals surface area contributed by atoms with Gasteiger partial charge in [-0.05, 0) is 18.1 Å². The molecule has 0 spiro atoms. The maximum atomic E-state index is 5.62. The second-order valence-electron chi connectivity index (χ2n) is 4.01. The molecule has 1 heterocycles. The molecule has 1 aliphatic heterocycles. The summed E-state index contributed by atoms with van der Waals surface area (Å²) in [7, 11) is 1.69. The van der Waals surface area contributed by atoms with Crippen molar-refractivity contribution < 1.29 is 9.47 Å². The first-order valence-electron chi connectivity index (χ1n) is 5.53. The van der Waals surface area contributed by atoms with E-state index in [1.807, 2.05) is 18.2 Å². The summed E-state index contributed by atoms with van der Waals surface area (Å²) < 4.78 is 10.8. The summed E-state index contributed by atoms with van der Waals surface area (Å²) in [6, 6.07) is 8.25. The summed E-state index contributed by atoms with van der Waals surface area (Å²) >= 11 is 0. The minimum atomic E-state index is 0.134. The van der Waals surface area contributed by atoms with Crippen LogP contribution in [0.1, 0.15) is 17.9 Å². The molecule has 0 aromatic heterocycles. The molecule has 1 aliphatic rings. The van der Waals surface area contributed by atoms with Gasteiger partial charge in [-0.25, -0.2) is 0 Å². The van der Waals surface area contributed by atoms with Gasteiger partial charge in [0.25, 0.3) is 0 Å². The average Bonchev–Trinajstić information content (AvgIpc) is 2.35. The van der Waals surface area contributed by atoms with E-state index < -0.39 is 0 Å². The summed E-state index contributed by atoms with van der Waals surface area (Å²) in [4.78, 5) is 0. The molecule has 0 fully saturated rings. The standard InChI is InChI=1S/C12H18N2O2/c1-15-8-11(14-13)9-6-7-16-12-5-3-2-4-10(9)12/h2-5,9,11,14H,6-8,13H2,1H3. The molecule has 0 amide bonds. The Balaban J connectivity index is 2.23. The van der Waals surface area contributed by atoms with E-state index in [1.165, 1.54) is 5.56 Å². The number of benzene rings is 1. The van der Waals surface area contributed by atoms with Gasteiger partial charge in [0, 0.05) is 13.0 Å². The smallest absolute Gasteiger partial charge is 0.122 e. The van der Waals surface area contributed by atoms with Crippen LogP contribution in [0.3, 0.4) is 0 Å². The molecule has 0 aliphatic carbocycles. The second kappa shape index (κ2) is 5.30. The molecule has 2 atom stereocenters. The molecule has 2 unspecified atom stereocenters. The van der Waals surface area contributed by atoms with Crippen LogP contribution in [0.2, 0.25) is 0 Å². The van der Waals surface area contributed by atoms with Gasteiger partial charge in [-0.1, -0.05) is 18.2 Å². The zero-order valence-corrected chi connectivity index (χ0v) is 9.48. The molecule has 0 saturated carbocycles. The normalized spacial score (nSPS) is 21.0. The van der Waals surface area contributed by atoms with E-state index in [1.54, 1.807) is 7.11 Å². The van der Waals surface area contributed by atoms with E-state index in [9.17, 15) is 0 Å². The summed E-state index contributed by atoms with van der Waals surface area (Å²) in [5, 5.41) is 0. The topological polar surface area (TPSA) is 56.5 Å². The van der Waals surface area contributed by atoms with Gasteiger partial charge in [0.1, 0.15) is 5.75 Å². The fourth-order valence-electron chi connectivity index (χ4n) is 2.25. The van der Waals surface area contributed by atoms with E-state index in [4.69, 9.17) is 15.3 Å². The maximum Gasteiger partial charge on any atom is 0.122 e. The van der Waals surface area contributed by atoms with E-state index in [-0.39, 0.29) is 6.04 Å². The molecule has 1 aromatic rings. The first-order chi connectivity index (χ1) is 7.86. The van der Waals surface area contributed by atoms with Gasteiger partial charge in [-0.2, -0.15) is 0 Å². The summed E-state index contributed by atoms with van der Waals surface area (Å²) in [5.41, 5.74) is 4.05. The zero-order chi connectivity index (χ0) is 11.4. The van der Waals surface area contributed by atoms with Crippen LogP contribution in [0, 0.1) is 0 Å². The number of nitrogens with two attached hydrogens (primary N) is 1. The molecule has 0 radical (unpaired) electrons. The SMILES string of the molecule is COCC(NN)C1CCOc2ccccc21. The van der Waals surface area contributed by atoms with E-state index in [2.05, 4.69) is 11.5 Å². The molecule has 0 saturated heterocycles. The lowest BCUT2D eigenvalue weighted by atomic mass is 9.87. The Bertz CT molecular complexity index is 344. The average molecular weight is 222 g/mol. The molecule has 16 heavy (non-hydrogen) atoms. The number of fused-ring (bicyclic) bond motifs is 1. The molecule has 0 bridgehead atoms. The van der Waals surface area contributed by atoms with Gasteiger partial charge in [0.15, 0.2) is 0 Å². The van der Waals surface area contributed by atoms with Crippen LogP contribution in [0.4, 0.5) is 0 Å². The van der Waals surface area contributed by atoms with Crippen LogP contribution in [-0.4, -0.2) is 26.4 Å². The van der Waals surface area contributed by atoms with Crippen molar-refractivity contribution >= 4 is 0 Å². The van der Waals surface area contributed by atoms with Crippen LogP contribution in [-0.2, 0) is 4.74 Å². The van der Waals surface area contributed by atoms with Gasteiger partial charge in [-0.3, -0.25) is 11.3 Å². The number of hydrogen-bond donors (Lipinski definition) is 2. The number of ether oxygens (including phenoxy) is 2. The van der Waals surface area contributed by atoms with Crippen molar-refractivity contribution in [2.45, 2.75) is 18.4 Å². The van der Waals surface area contributed by atoms with Crippen molar-refractivity contribution in [2.75, 3.05) is 20.3 Å². The minimum absolute atomic E-state index is 0.134. The number of hydrazine groups is 1. The molecule has 3 N–H and O–H groups in total. The summed E-state index contributed by atoms with van der Waals surface area (Å²) in [5.74, 6) is 6.90. The van der Waals surface area contributed by atoms with Crippen molar-refractivity contribution in [1.29, 1.82) is 0 Å². The van der Waals surface area contributed by atoms with Crippen LogP contribution in [0.25, 0.3) is 0 Å². The van der Waals surface area contributed by atoms with Crippen molar-refractivity contribution in [3.05, 3.63) is 29.8 Å². The monoisotopic (exact) mass is 222 g/mol. The molecule has 4 nitrogen and oxygen atoms in total. The predicted octanol–water partition coefficient (Wildman–Crippen LogP) is 1.03. The number of rotatable bonds is 4. The molecule has 1 aromatic carbocycles. The Kier molecular flexibility index (Phi) is 3.77. The molecule has 88 valence electrons. The highest BCUT2D eigenvalue weighted by molar-refractivity contribution is 5.38. The summed E-state index contributed by atoms with van der Waals surface area (Å²) in [6.07, 6.45) is 0.968. The summed E-state index contributed by atoms with van der Waals surface area (Å²) in [6.45, 7) is 1.35. The highest BCUT2D eigenvalue weighted by Gasteiger charge is 2.27. The largest absolute Gasteiger partial charge is 0.493 e. The van der Waals surface area contributed by atoms with Crippen LogP contribution >= 0.6 is 0 Å². The van der Waals surface area contributed by atoms with Crippen LogP contribution in [0.15, 0.2) is 24.3 Å². The van der Waals surface area contributed by atoms with Crippen molar-refractivity contribution in [3.8, 4) is 5.75 Å². The third-order valence-corrected chi connectivity index (χ3v) is 3.05. The highest BCUT2D eigenvalue weighted by atomic mass is 16.5. The Morgan fingerprint density at radius 2 is 2.38 bits per heavy atom. The van der Waals surface area contributed by atoms with E-state index in [0.717, 1.165) is 18.8 Å². The fraction of sp³-hybridized carbons (Fsp3) is 0.500. The number of para-hydroxylation sites is 1. The van der Waals surface area contributed by atoms with E-state index >= 15 is 0 Å². The van der Waals surface area contributed by atoms with Crippen LogP contribution < -0.4 is 16.0 Å². The lowest BCUT2D eigenvalue weighted by Crippen LogP contribution is -2.44. The number of nitrogens with one attached hydrogen (secondary N) is 1. The van der Waals surface area contributed by atoms with Gasteiger partial charge < -0.3 is 9.47 Å². The Hall–Kier alpha value is -1.10. The number of hydrogen-bond acceptors (Lipinski definition) is 4. The fourth-order valence-corrected chi connectivity index (χ4v) is 2.25. The third-order valence-electron chi connectivity index (χ3n) is 3.05. The molecule has 4 heteroatoms. The van der Waals surface area contributed by atoms with Crippen molar-refractivity contribution in [3.63, 3.8) is 0 Å². The predicted molar refractivity (Wildman–Crippen MR) is 62.3 cm³/mol. The van der Waals surface area contributed by atoms with Gasteiger partial charge in [0.2, 0.25) is 0 Å². The Labute approximate surface area is 95.7 Å². The lowest BCUT2D eigenvalue weighted by molar-refractivity contribution is 0.141. The molecular formula is C12H18N2O2. The molecule has 2 rings (SSSR count). The highest BCUT2D eigenvalue weighted by Crippen LogP contribution is 2.35. The lowest BCUT2D eigenvalue weighted by Gasteiger charge is -2.31. The quantitative estimate of drug-likeness (QED) is 0.590. The number of methoxy groups -OCH3 is 1. The van der Waals surface area contributed by atoms with Crippen molar-refractivity contribution in [2.24, 2.45) is 5.84 Å². The Morgan fingerprint density at radius 3 is 3.12 bits per heavy atom. The van der Waals surface area contributed by atoms with E-state index in [0.29, 0.717) is 12.5 Å². The third kappa shape index (κ3) is 2.19. The molecular weight excluding hydrogens is 204 g/mol. The van der Waals surface area contributed by atoms with Gasteiger partial charge in [0.05, 0.1) is 19.3 Å². The van der Waals surface area contributed by atoms with Gasteiger partial charge >= 0.3 is 0 Å². The van der Waals surface area contributed by atoms with Gasteiger partial charge in [-0.15, -0.1) is 0 Å². The van der Waals surface area contributed by atoms with Crippen LogP contribution in [0.5, 0.6) is 5.75 Å². The van der Waals surface area contributed by atoms with Crippen molar-refractivity contribution in [1.82, 2.24) is 5.43 Å². The second-order valence-corrected chi connectivity index (χ2v) is 4.01. The zero-order valence-electron chi connectivity index (χ0n) is 9.48.